The molecule has 98 valence electrons. The molecule has 1 aromatic heterocycles. The normalized spacial score (nSPS) is 17.6. The molecule has 0 spiro atoms. The van der Waals surface area contributed by atoms with E-state index in [1.54, 1.807) is 6.92 Å². The van der Waals surface area contributed by atoms with Gasteiger partial charge in [0.25, 0.3) is 0 Å². The predicted molar refractivity (Wildman–Crippen MR) is 69.8 cm³/mol. The second kappa shape index (κ2) is 4.50. The van der Waals surface area contributed by atoms with Gasteiger partial charge in [-0.25, -0.2) is 0 Å². The van der Waals surface area contributed by atoms with Gasteiger partial charge in [0, 0.05) is 11.7 Å². The molecule has 2 aromatic rings. The van der Waals surface area contributed by atoms with Gasteiger partial charge in [-0.3, -0.25) is 4.79 Å². The highest BCUT2D eigenvalue weighted by Gasteiger charge is 2.31. The molecule has 5 heteroatoms. The molecule has 3 rings (SSSR count). The fraction of sp³-hybridized carbons (Fsp3) is 0.357. The highest BCUT2D eigenvalue weighted by molar-refractivity contribution is 5.96. The number of nitrogens with zero attached hydrogens (tertiary/aromatic N) is 3. The molecule has 0 aliphatic carbocycles. The summed E-state index contributed by atoms with van der Waals surface area (Å²) in [6, 6.07) is 8.18. The van der Waals surface area contributed by atoms with Crippen LogP contribution in [0.4, 0.5) is 5.69 Å². The van der Waals surface area contributed by atoms with E-state index >= 15 is 0 Å². The number of rotatable bonds is 2. The van der Waals surface area contributed by atoms with E-state index in [0.29, 0.717) is 11.7 Å². The third-order valence-electron chi connectivity index (χ3n) is 3.35. The van der Waals surface area contributed by atoms with Crippen molar-refractivity contribution in [3.8, 4) is 0 Å². The zero-order valence-electron chi connectivity index (χ0n) is 11.0. The number of carbonyl (C=O) groups excluding carboxylic acids is 1. The van der Waals surface area contributed by atoms with Crippen LogP contribution in [0.1, 0.15) is 24.2 Å². The highest BCUT2D eigenvalue weighted by Crippen LogP contribution is 2.32. The molecule has 0 fully saturated rings. The van der Waals surface area contributed by atoms with Crippen LogP contribution < -0.4 is 4.90 Å². The van der Waals surface area contributed by atoms with Crippen LogP contribution >= 0.6 is 0 Å². The van der Waals surface area contributed by atoms with E-state index in [0.717, 1.165) is 12.1 Å². The SMILES string of the molecule is Cc1noc(CC(=O)N2c3ccccc3CC2C)n1. The minimum absolute atomic E-state index is 0.00102. The number of para-hydroxylation sites is 1. The molecule has 0 saturated carbocycles. The van der Waals surface area contributed by atoms with Gasteiger partial charge in [-0.1, -0.05) is 23.4 Å². The maximum absolute atomic E-state index is 12.4. The van der Waals surface area contributed by atoms with Gasteiger partial charge in [0.2, 0.25) is 11.8 Å². The summed E-state index contributed by atoms with van der Waals surface area (Å²) in [5, 5.41) is 3.70. The summed E-state index contributed by atoms with van der Waals surface area (Å²) in [6.45, 7) is 3.79. The number of hydrogen-bond acceptors (Lipinski definition) is 4. The monoisotopic (exact) mass is 257 g/mol. The van der Waals surface area contributed by atoms with Gasteiger partial charge in [-0.15, -0.1) is 0 Å². The number of carbonyl (C=O) groups is 1. The van der Waals surface area contributed by atoms with Crippen LogP contribution in [0, 0.1) is 6.92 Å². The van der Waals surface area contributed by atoms with E-state index < -0.39 is 0 Å². The predicted octanol–water partition coefficient (Wildman–Crippen LogP) is 1.90. The molecule has 0 radical (unpaired) electrons. The Morgan fingerprint density at radius 3 is 3.00 bits per heavy atom. The van der Waals surface area contributed by atoms with Gasteiger partial charge in [0.05, 0.1) is 0 Å². The number of aryl methyl sites for hydroxylation is 1. The van der Waals surface area contributed by atoms with Crippen molar-refractivity contribution >= 4 is 11.6 Å². The van der Waals surface area contributed by atoms with Crippen LogP contribution in [-0.4, -0.2) is 22.1 Å². The van der Waals surface area contributed by atoms with E-state index in [4.69, 9.17) is 4.52 Å². The smallest absolute Gasteiger partial charge is 0.236 e. The maximum atomic E-state index is 12.4. The summed E-state index contributed by atoms with van der Waals surface area (Å²) in [5.74, 6) is 0.929. The molecule has 0 bridgehead atoms. The zero-order valence-corrected chi connectivity index (χ0v) is 11.0. The molecule has 1 aliphatic rings. The number of anilines is 1. The number of aromatic nitrogens is 2. The van der Waals surface area contributed by atoms with Crippen LogP contribution in [0.15, 0.2) is 28.8 Å². The van der Waals surface area contributed by atoms with Gasteiger partial charge in [0.15, 0.2) is 5.82 Å². The van der Waals surface area contributed by atoms with Crippen LogP contribution in [0.3, 0.4) is 0 Å². The van der Waals surface area contributed by atoms with Crippen molar-refractivity contribution < 1.29 is 9.32 Å². The second-order valence-corrected chi connectivity index (χ2v) is 4.86. The van der Waals surface area contributed by atoms with Crippen molar-refractivity contribution in [3.63, 3.8) is 0 Å². The molecule has 1 unspecified atom stereocenters. The highest BCUT2D eigenvalue weighted by atomic mass is 16.5. The number of benzene rings is 1. The summed E-state index contributed by atoms with van der Waals surface area (Å²) in [4.78, 5) is 18.3. The van der Waals surface area contributed by atoms with Crippen molar-refractivity contribution in [1.82, 2.24) is 10.1 Å². The van der Waals surface area contributed by atoms with Crippen LogP contribution in [0.25, 0.3) is 0 Å². The number of fused-ring (bicyclic) bond motifs is 1. The molecule has 1 aromatic carbocycles. The second-order valence-electron chi connectivity index (χ2n) is 4.86. The molecular weight excluding hydrogens is 242 g/mol. The lowest BCUT2D eigenvalue weighted by Crippen LogP contribution is -2.36. The first kappa shape index (κ1) is 11.9. The lowest BCUT2D eigenvalue weighted by atomic mass is 10.1. The van der Waals surface area contributed by atoms with Gasteiger partial charge in [0.1, 0.15) is 6.42 Å². The Hall–Kier alpha value is -2.17. The average Bonchev–Trinajstić information content (AvgIpc) is 2.91. The van der Waals surface area contributed by atoms with Crippen LogP contribution in [0.2, 0.25) is 0 Å². The van der Waals surface area contributed by atoms with E-state index in [2.05, 4.69) is 23.1 Å². The largest absolute Gasteiger partial charge is 0.339 e. The van der Waals surface area contributed by atoms with E-state index in [-0.39, 0.29) is 18.4 Å². The molecule has 1 atom stereocenters. The minimum atomic E-state index is 0.00102. The first-order valence-electron chi connectivity index (χ1n) is 6.34. The molecule has 0 saturated heterocycles. The standard InChI is InChI=1S/C14H15N3O2/c1-9-7-11-5-3-4-6-12(11)17(9)14(18)8-13-15-10(2)16-19-13/h3-6,9H,7-8H2,1-2H3. The van der Waals surface area contributed by atoms with Crippen LogP contribution in [0.5, 0.6) is 0 Å². The fourth-order valence-corrected chi connectivity index (χ4v) is 2.57. The van der Waals surface area contributed by atoms with Crippen molar-refractivity contribution in [2.24, 2.45) is 0 Å². The van der Waals surface area contributed by atoms with E-state index in [1.165, 1.54) is 5.56 Å². The lowest BCUT2D eigenvalue weighted by molar-refractivity contribution is -0.118. The topological polar surface area (TPSA) is 59.2 Å². The molecule has 5 nitrogen and oxygen atoms in total. The summed E-state index contributed by atoms with van der Waals surface area (Å²) in [6.07, 6.45) is 1.05. The van der Waals surface area contributed by atoms with Crippen LogP contribution in [-0.2, 0) is 17.6 Å². The number of hydrogen-bond donors (Lipinski definition) is 0. The number of amides is 1. The first-order valence-corrected chi connectivity index (χ1v) is 6.34. The van der Waals surface area contributed by atoms with E-state index in [1.807, 2.05) is 23.1 Å². The Morgan fingerprint density at radius 2 is 2.26 bits per heavy atom. The lowest BCUT2D eigenvalue weighted by Gasteiger charge is -2.21. The van der Waals surface area contributed by atoms with Gasteiger partial charge < -0.3 is 9.42 Å². The molecule has 2 heterocycles. The molecule has 0 N–H and O–H groups in total. The van der Waals surface area contributed by atoms with Gasteiger partial charge in [-0.2, -0.15) is 4.98 Å². The minimum Gasteiger partial charge on any atom is -0.339 e. The first-order chi connectivity index (χ1) is 9.15. The molecule has 19 heavy (non-hydrogen) atoms. The summed E-state index contributed by atoms with van der Waals surface area (Å²) < 4.78 is 5.01. The van der Waals surface area contributed by atoms with Crippen molar-refractivity contribution in [2.75, 3.05) is 4.90 Å². The average molecular weight is 257 g/mol. The third kappa shape index (κ3) is 2.12. The van der Waals surface area contributed by atoms with E-state index in [9.17, 15) is 4.79 Å². The van der Waals surface area contributed by atoms with Crippen molar-refractivity contribution in [1.29, 1.82) is 0 Å². The third-order valence-corrected chi connectivity index (χ3v) is 3.35. The summed E-state index contributed by atoms with van der Waals surface area (Å²) >= 11 is 0. The molecular formula is C14H15N3O2. The van der Waals surface area contributed by atoms with Crippen molar-refractivity contribution in [3.05, 3.63) is 41.5 Å². The van der Waals surface area contributed by atoms with Gasteiger partial charge >= 0.3 is 0 Å². The Kier molecular flexibility index (Phi) is 2.81. The maximum Gasteiger partial charge on any atom is 0.236 e. The Bertz CT molecular complexity index is 621. The summed E-state index contributed by atoms with van der Waals surface area (Å²) in [5.41, 5.74) is 2.21. The molecule has 1 amide bonds. The van der Waals surface area contributed by atoms with Crippen molar-refractivity contribution in [2.45, 2.75) is 32.7 Å². The molecule has 1 aliphatic heterocycles. The zero-order chi connectivity index (χ0) is 13.4. The van der Waals surface area contributed by atoms with Gasteiger partial charge in [-0.05, 0) is 31.9 Å². The quantitative estimate of drug-likeness (QED) is 0.824. The Labute approximate surface area is 111 Å². The Balaban J connectivity index is 1.84. The summed E-state index contributed by atoms with van der Waals surface area (Å²) in [7, 11) is 0. The fourth-order valence-electron chi connectivity index (χ4n) is 2.57. The Morgan fingerprint density at radius 1 is 1.47 bits per heavy atom.